The van der Waals surface area contributed by atoms with Crippen LogP contribution < -0.4 is 10.3 Å². The number of carbonyl (C=O) groups excluding carboxylic acids is 2. The van der Waals surface area contributed by atoms with E-state index in [2.05, 4.69) is 6.07 Å². The fourth-order valence-corrected chi connectivity index (χ4v) is 3.38. The minimum atomic E-state index is -1.09. The molecule has 0 atom stereocenters. The van der Waals surface area contributed by atoms with Gasteiger partial charge in [0.25, 0.3) is 5.56 Å². The van der Waals surface area contributed by atoms with E-state index in [0.717, 1.165) is 4.90 Å². The van der Waals surface area contributed by atoms with E-state index in [0.29, 0.717) is 22.6 Å². The molecule has 7 heteroatoms. The first-order chi connectivity index (χ1) is 13.2. The van der Waals surface area contributed by atoms with Crippen LogP contribution in [0.2, 0.25) is 0 Å². The minimum absolute atomic E-state index is 0.239. The van der Waals surface area contributed by atoms with Gasteiger partial charge in [-0.05, 0) is 38.1 Å². The molecule has 0 N–H and O–H groups in total. The molecule has 28 heavy (non-hydrogen) atoms. The van der Waals surface area contributed by atoms with Crippen LogP contribution in [0.25, 0.3) is 5.70 Å². The van der Waals surface area contributed by atoms with Gasteiger partial charge in [-0.25, -0.2) is 4.90 Å². The van der Waals surface area contributed by atoms with Crippen molar-refractivity contribution in [3.63, 3.8) is 0 Å². The fraction of sp³-hybridized carbons (Fsp3) is 0.238. The summed E-state index contributed by atoms with van der Waals surface area (Å²) in [6.07, 6.45) is 1.56. The number of amides is 2. The largest absolute Gasteiger partial charge is 0.481 e. The Kier molecular flexibility index (Phi) is 4.65. The van der Waals surface area contributed by atoms with Gasteiger partial charge in [-0.15, -0.1) is 0 Å². The van der Waals surface area contributed by atoms with Crippen molar-refractivity contribution in [2.75, 3.05) is 0 Å². The van der Waals surface area contributed by atoms with Crippen LogP contribution >= 0.6 is 0 Å². The Hall–Kier alpha value is -3.66. The van der Waals surface area contributed by atoms with Crippen molar-refractivity contribution in [2.24, 2.45) is 0 Å². The summed E-state index contributed by atoms with van der Waals surface area (Å²) >= 11 is 0. The van der Waals surface area contributed by atoms with E-state index < -0.39 is 17.4 Å². The quantitative estimate of drug-likeness (QED) is 0.802. The fourth-order valence-electron chi connectivity index (χ4n) is 3.38. The van der Waals surface area contributed by atoms with Gasteiger partial charge in [-0.3, -0.25) is 19.0 Å². The van der Waals surface area contributed by atoms with Gasteiger partial charge in [-0.1, -0.05) is 6.07 Å². The Labute approximate surface area is 162 Å². The summed E-state index contributed by atoms with van der Waals surface area (Å²) in [4.78, 5) is 38.3. The standard InChI is InChI=1S/C21H19N3O4/c1-13(25)24(14(2)26)20-19(23-10-6-5-7-18(23)27)16-11-15(12-22)8-9-17(16)28-21(20,3)4/h5-11H,1-4H3. The lowest BCUT2D eigenvalue weighted by Gasteiger charge is -2.40. The summed E-state index contributed by atoms with van der Waals surface area (Å²) in [6.45, 7) is 5.99. The normalized spacial score (nSPS) is 14.5. The number of nitrogens with zero attached hydrogens (tertiary/aromatic N) is 3. The number of pyridine rings is 1. The number of hydrogen-bond donors (Lipinski definition) is 0. The summed E-state index contributed by atoms with van der Waals surface area (Å²) < 4.78 is 7.44. The molecule has 3 rings (SSSR count). The number of aromatic nitrogens is 1. The van der Waals surface area contributed by atoms with E-state index in [1.54, 1.807) is 50.4 Å². The summed E-state index contributed by atoms with van der Waals surface area (Å²) in [5, 5.41) is 9.31. The van der Waals surface area contributed by atoms with Crippen molar-refractivity contribution in [1.29, 1.82) is 5.26 Å². The molecule has 7 nitrogen and oxygen atoms in total. The molecule has 1 aromatic heterocycles. The van der Waals surface area contributed by atoms with E-state index in [4.69, 9.17) is 4.74 Å². The molecule has 0 saturated heterocycles. The van der Waals surface area contributed by atoms with Gasteiger partial charge in [-0.2, -0.15) is 5.26 Å². The average Bonchev–Trinajstić information content (AvgIpc) is 2.62. The van der Waals surface area contributed by atoms with E-state index >= 15 is 0 Å². The third-order valence-corrected chi connectivity index (χ3v) is 4.44. The predicted octanol–water partition coefficient (Wildman–Crippen LogP) is 2.50. The molecule has 1 aromatic carbocycles. The van der Waals surface area contributed by atoms with Crippen molar-refractivity contribution >= 4 is 17.5 Å². The molecule has 1 aliphatic heterocycles. The lowest BCUT2D eigenvalue weighted by Crippen LogP contribution is -2.48. The van der Waals surface area contributed by atoms with Crippen LogP contribution in [0.4, 0.5) is 0 Å². The van der Waals surface area contributed by atoms with Crippen LogP contribution in [-0.4, -0.2) is 26.9 Å². The second-order valence-electron chi connectivity index (χ2n) is 6.91. The van der Waals surface area contributed by atoms with Crippen LogP contribution in [0.5, 0.6) is 5.75 Å². The highest BCUT2D eigenvalue weighted by molar-refractivity contribution is 5.98. The average molecular weight is 377 g/mol. The maximum absolute atomic E-state index is 12.6. The number of ether oxygens (including phenoxy) is 1. The smallest absolute Gasteiger partial charge is 0.255 e. The number of hydrogen-bond acceptors (Lipinski definition) is 5. The van der Waals surface area contributed by atoms with Crippen molar-refractivity contribution in [3.8, 4) is 11.8 Å². The number of benzene rings is 1. The zero-order valence-electron chi connectivity index (χ0n) is 16.0. The summed E-state index contributed by atoms with van der Waals surface area (Å²) in [7, 11) is 0. The van der Waals surface area contributed by atoms with Crippen molar-refractivity contribution in [2.45, 2.75) is 33.3 Å². The first kappa shape index (κ1) is 19.1. The monoisotopic (exact) mass is 377 g/mol. The number of imide groups is 1. The summed E-state index contributed by atoms with van der Waals surface area (Å²) in [5.74, 6) is -0.549. The highest BCUT2D eigenvalue weighted by Gasteiger charge is 2.42. The molecule has 0 aliphatic carbocycles. The molecule has 2 heterocycles. The summed E-state index contributed by atoms with van der Waals surface area (Å²) in [5.41, 5.74) is -0.0478. The third kappa shape index (κ3) is 3.09. The number of nitriles is 1. The summed E-state index contributed by atoms with van der Waals surface area (Å²) in [6, 6.07) is 11.6. The first-order valence-electron chi connectivity index (χ1n) is 8.65. The van der Waals surface area contributed by atoms with Crippen LogP contribution in [0.3, 0.4) is 0 Å². The molecular weight excluding hydrogens is 358 g/mol. The lowest BCUT2D eigenvalue weighted by molar-refractivity contribution is -0.141. The van der Waals surface area contributed by atoms with Crippen LogP contribution in [0.1, 0.15) is 38.8 Å². The highest BCUT2D eigenvalue weighted by atomic mass is 16.5. The lowest BCUT2D eigenvalue weighted by atomic mass is 9.92. The molecule has 0 bridgehead atoms. The van der Waals surface area contributed by atoms with E-state index in [9.17, 15) is 19.6 Å². The van der Waals surface area contributed by atoms with Gasteiger partial charge in [0.15, 0.2) is 0 Å². The predicted molar refractivity (Wildman–Crippen MR) is 102 cm³/mol. The molecule has 0 spiro atoms. The van der Waals surface area contributed by atoms with Crippen molar-refractivity contribution in [3.05, 3.63) is 69.8 Å². The number of fused-ring (bicyclic) bond motifs is 1. The second kappa shape index (κ2) is 6.82. The second-order valence-corrected chi connectivity index (χ2v) is 6.91. The van der Waals surface area contributed by atoms with Crippen molar-refractivity contribution < 1.29 is 14.3 Å². The van der Waals surface area contributed by atoms with Gasteiger partial charge in [0.05, 0.1) is 23.0 Å². The van der Waals surface area contributed by atoms with Crippen LogP contribution in [0, 0.1) is 11.3 Å². The number of rotatable bonds is 2. The Morgan fingerprint density at radius 3 is 2.39 bits per heavy atom. The van der Waals surface area contributed by atoms with Gasteiger partial charge >= 0.3 is 0 Å². The maximum atomic E-state index is 12.6. The van der Waals surface area contributed by atoms with Gasteiger partial charge in [0.1, 0.15) is 11.4 Å². The first-order valence-corrected chi connectivity index (χ1v) is 8.65. The number of carbonyl (C=O) groups is 2. The van der Waals surface area contributed by atoms with Crippen LogP contribution in [0.15, 0.2) is 53.1 Å². The highest BCUT2D eigenvalue weighted by Crippen LogP contribution is 2.43. The minimum Gasteiger partial charge on any atom is -0.481 e. The maximum Gasteiger partial charge on any atom is 0.255 e. The van der Waals surface area contributed by atoms with Gasteiger partial charge < -0.3 is 4.74 Å². The third-order valence-electron chi connectivity index (χ3n) is 4.44. The Morgan fingerprint density at radius 2 is 1.82 bits per heavy atom. The van der Waals surface area contributed by atoms with E-state index in [1.165, 1.54) is 24.5 Å². The van der Waals surface area contributed by atoms with Gasteiger partial charge in [0, 0.05) is 31.7 Å². The molecule has 1 aliphatic rings. The topological polar surface area (TPSA) is 92.4 Å². The molecule has 2 amide bonds. The Bertz CT molecular complexity index is 1100. The SMILES string of the molecule is CC(=O)N(C(C)=O)C1=C(n2ccccc2=O)c2cc(C#N)ccc2OC1(C)C. The molecule has 0 radical (unpaired) electrons. The van der Waals surface area contributed by atoms with Crippen LogP contribution in [-0.2, 0) is 9.59 Å². The zero-order valence-corrected chi connectivity index (χ0v) is 16.0. The van der Waals surface area contributed by atoms with Gasteiger partial charge in [0.2, 0.25) is 11.8 Å². The molecule has 0 saturated carbocycles. The Balaban J connectivity index is 2.52. The molecule has 2 aromatic rings. The van der Waals surface area contributed by atoms with Crippen molar-refractivity contribution in [1.82, 2.24) is 9.47 Å². The van der Waals surface area contributed by atoms with E-state index in [1.807, 2.05) is 0 Å². The zero-order chi connectivity index (χ0) is 20.6. The Morgan fingerprint density at radius 1 is 1.14 bits per heavy atom. The molecule has 0 fully saturated rings. The molecule has 0 unspecified atom stereocenters. The van der Waals surface area contributed by atoms with E-state index in [-0.39, 0.29) is 11.3 Å². The molecule has 142 valence electrons. The molecular formula is C21H19N3O4.